The maximum atomic E-state index is 12.6. The molecule has 25 heavy (non-hydrogen) atoms. The van der Waals surface area contributed by atoms with Crippen LogP contribution in [0.1, 0.15) is 18.6 Å². The lowest BCUT2D eigenvalue weighted by atomic mass is 10.0. The summed E-state index contributed by atoms with van der Waals surface area (Å²) in [6.07, 6.45) is 2.15. The fraction of sp³-hybridized carbons (Fsp3) is 0.211. The SMILES string of the molecule is CO[C@]1(C)C=CC(=O)[C@H](c2ccc(S(=O)(=O)c3ccccc3)cc2)O1. The van der Waals surface area contributed by atoms with E-state index < -0.39 is 21.7 Å². The summed E-state index contributed by atoms with van der Waals surface area (Å²) in [4.78, 5) is 12.5. The molecule has 3 rings (SSSR count). The van der Waals surface area contributed by atoms with Gasteiger partial charge >= 0.3 is 0 Å². The standard InChI is InChI=1S/C19H18O5S/c1-19(23-2)13-12-17(20)18(24-19)14-8-10-16(11-9-14)25(21,22)15-6-4-3-5-7-15/h3-13,18H,1-2H3/t18-,19-/m0/s1. The number of hydrogen-bond donors (Lipinski definition) is 0. The van der Waals surface area contributed by atoms with Crippen molar-refractivity contribution in [3.05, 3.63) is 72.3 Å². The number of benzene rings is 2. The van der Waals surface area contributed by atoms with Crippen molar-refractivity contribution in [3.8, 4) is 0 Å². The largest absolute Gasteiger partial charge is 0.350 e. The first kappa shape index (κ1) is 17.5. The van der Waals surface area contributed by atoms with Gasteiger partial charge in [-0.3, -0.25) is 4.79 Å². The number of carbonyl (C=O) groups excluding carboxylic acids is 1. The summed E-state index contributed by atoms with van der Waals surface area (Å²) in [5, 5.41) is 0. The van der Waals surface area contributed by atoms with E-state index in [4.69, 9.17) is 9.47 Å². The molecule has 0 radical (unpaired) electrons. The third-order valence-corrected chi connectivity index (χ3v) is 5.90. The Bertz CT molecular complexity index is 901. The van der Waals surface area contributed by atoms with E-state index in [0.29, 0.717) is 5.56 Å². The second-order valence-electron chi connectivity index (χ2n) is 5.84. The van der Waals surface area contributed by atoms with Crippen LogP contribution in [-0.4, -0.2) is 27.1 Å². The summed E-state index contributed by atoms with van der Waals surface area (Å²) in [7, 11) is -2.10. The molecule has 0 saturated carbocycles. The lowest BCUT2D eigenvalue weighted by Crippen LogP contribution is -2.36. The molecule has 2 aromatic carbocycles. The number of sulfone groups is 1. The van der Waals surface area contributed by atoms with E-state index in [2.05, 4.69) is 0 Å². The van der Waals surface area contributed by atoms with E-state index in [9.17, 15) is 13.2 Å². The molecule has 0 bridgehead atoms. The monoisotopic (exact) mass is 358 g/mol. The molecule has 0 fully saturated rings. The minimum Gasteiger partial charge on any atom is -0.350 e. The zero-order valence-corrected chi connectivity index (χ0v) is 14.7. The fourth-order valence-electron chi connectivity index (χ4n) is 2.56. The average molecular weight is 358 g/mol. The Hall–Kier alpha value is -2.28. The molecule has 1 aliphatic heterocycles. The first-order chi connectivity index (χ1) is 11.9. The highest BCUT2D eigenvalue weighted by Crippen LogP contribution is 2.32. The van der Waals surface area contributed by atoms with E-state index >= 15 is 0 Å². The Morgan fingerprint density at radius 1 is 1.00 bits per heavy atom. The van der Waals surface area contributed by atoms with E-state index in [1.165, 1.54) is 25.3 Å². The normalized spacial score (nSPS) is 23.6. The van der Waals surface area contributed by atoms with Gasteiger partial charge in [0, 0.05) is 7.11 Å². The third-order valence-electron chi connectivity index (χ3n) is 4.11. The van der Waals surface area contributed by atoms with Crippen molar-refractivity contribution in [2.75, 3.05) is 7.11 Å². The molecule has 0 N–H and O–H groups in total. The number of carbonyl (C=O) groups is 1. The van der Waals surface area contributed by atoms with Crippen LogP contribution in [0, 0.1) is 0 Å². The number of methoxy groups -OCH3 is 1. The topological polar surface area (TPSA) is 69.7 Å². The molecular formula is C19H18O5S. The molecule has 0 unspecified atom stereocenters. The lowest BCUT2D eigenvalue weighted by Gasteiger charge is -2.32. The van der Waals surface area contributed by atoms with Crippen molar-refractivity contribution < 1.29 is 22.7 Å². The molecule has 6 heteroatoms. The van der Waals surface area contributed by atoms with Gasteiger partial charge in [0.1, 0.15) is 6.10 Å². The van der Waals surface area contributed by atoms with Crippen molar-refractivity contribution in [2.24, 2.45) is 0 Å². The van der Waals surface area contributed by atoms with Gasteiger partial charge < -0.3 is 9.47 Å². The molecule has 0 saturated heterocycles. The van der Waals surface area contributed by atoms with E-state index in [1.807, 2.05) is 0 Å². The minimum atomic E-state index is -3.59. The number of ether oxygens (including phenoxy) is 2. The second-order valence-corrected chi connectivity index (χ2v) is 7.79. The number of ketones is 1. The van der Waals surface area contributed by atoms with Crippen molar-refractivity contribution in [1.82, 2.24) is 0 Å². The Kier molecular flexibility index (Phi) is 4.60. The smallest absolute Gasteiger partial charge is 0.206 e. The van der Waals surface area contributed by atoms with E-state index in [1.54, 1.807) is 55.5 Å². The molecule has 2 atom stereocenters. The number of hydrogen-bond acceptors (Lipinski definition) is 5. The molecule has 0 aliphatic carbocycles. The first-order valence-electron chi connectivity index (χ1n) is 7.72. The van der Waals surface area contributed by atoms with Gasteiger partial charge in [-0.1, -0.05) is 30.3 Å². The van der Waals surface area contributed by atoms with Crippen LogP contribution in [0.25, 0.3) is 0 Å². The highest BCUT2D eigenvalue weighted by Gasteiger charge is 2.34. The minimum absolute atomic E-state index is 0.163. The van der Waals surface area contributed by atoms with Crippen molar-refractivity contribution >= 4 is 15.6 Å². The predicted octanol–water partition coefficient (Wildman–Crippen LogP) is 3.08. The summed E-state index contributed by atoms with van der Waals surface area (Å²) in [5.74, 6) is -1.21. The highest BCUT2D eigenvalue weighted by atomic mass is 32.2. The van der Waals surface area contributed by atoms with Crippen LogP contribution in [0.5, 0.6) is 0 Å². The predicted molar refractivity (Wildman–Crippen MR) is 91.7 cm³/mol. The van der Waals surface area contributed by atoms with Gasteiger partial charge in [-0.2, -0.15) is 0 Å². The summed E-state index contributed by atoms with van der Waals surface area (Å²) >= 11 is 0. The van der Waals surface area contributed by atoms with Gasteiger partial charge in [0.05, 0.1) is 9.79 Å². The Morgan fingerprint density at radius 3 is 2.20 bits per heavy atom. The van der Waals surface area contributed by atoms with Gasteiger partial charge in [0.2, 0.25) is 9.84 Å². The zero-order chi connectivity index (χ0) is 18.1. The maximum Gasteiger partial charge on any atom is 0.206 e. The molecule has 1 aliphatic rings. The van der Waals surface area contributed by atoms with E-state index in [0.717, 1.165) is 0 Å². The molecule has 2 aromatic rings. The van der Waals surface area contributed by atoms with Crippen molar-refractivity contribution in [2.45, 2.75) is 28.6 Å². The van der Waals surface area contributed by atoms with Crippen LogP contribution in [0.3, 0.4) is 0 Å². The van der Waals surface area contributed by atoms with Crippen LogP contribution in [0.15, 0.2) is 76.5 Å². The molecule has 1 heterocycles. The summed E-state index contributed by atoms with van der Waals surface area (Å²) < 4.78 is 36.2. The fourth-order valence-corrected chi connectivity index (χ4v) is 3.84. The summed E-state index contributed by atoms with van der Waals surface area (Å²) in [6, 6.07) is 14.3. The van der Waals surface area contributed by atoms with Crippen LogP contribution in [-0.2, 0) is 24.1 Å². The van der Waals surface area contributed by atoms with Gasteiger partial charge in [0.25, 0.3) is 0 Å². The number of rotatable bonds is 4. The molecular weight excluding hydrogens is 340 g/mol. The zero-order valence-electron chi connectivity index (χ0n) is 13.9. The van der Waals surface area contributed by atoms with E-state index in [-0.39, 0.29) is 15.6 Å². The highest BCUT2D eigenvalue weighted by molar-refractivity contribution is 7.91. The van der Waals surface area contributed by atoms with Gasteiger partial charge in [-0.25, -0.2) is 8.42 Å². The summed E-state index contributed by atoms with van der Waals surface area (Å²) in [6.45, 7) is 1.71. The van der Waals surface area contributed by atoms with Crippen LogP contribution < -0.4 is 0 Å². The molecule has 0 aromatic heterocycles. The summed E-state index contributed by atoms with van der Waals surface area (Å²) in [5.41, 5.74) is 0.574. The van der Waals surface area contributed by atoms with Crippen LogP contribution in [0.4, 0.5) is 0 Å². The van der Waals surface area contributed by atoms with Gasteiger partial charge in [-0.05, 0) is 48.9 Å². The van der Waals surface area contributed by atoms with Crippen LogP contribution >= 0.6 is 0 Å². The average Bonchev–Trinajstić information content (AvgIpc) is 2.65. The first-order valence-corrected chi connectivity index (χ1v) is 9.20. The Morgan fingerprint density at radius 2 is 1.60 bits per heavy atom. The van der Waals surface area contributed by atoms with Gasteiger partial charge in [0.15, 0.2) is 11.6 Å². The molecule has 130 valence electrons. The third kappa shape index (κ3) is 3.42. The molecule has 5 nitrogen and oxygen atoms in total. The maximum absolute atomic E-state index is 12.6. The quantitative estimate of drug-likeness (QED) is 0.840. The second kappa shape index (κ2) is 6.55. The molecule has 0 spiro atoms. The molecule has 0 amide bonds. The van der Waals surface area contributed by atoms with Crippen molar-refractivity contribution in [3.63, 3.8) is 0 Å². The van der Waals surface area contributed by atoms with Crippen molar-refractivity contribution in [1.29, 1.82) is 0 Å². The lowest BCUT2D eigenvalue weighted by molar-refractivity contribution is -0.209. The Labute approximate surface area is 146 Å². The van der Waals surface area contributed by atoms with Gasteiger partial charge in [-0.15, -0.1) is 0 Å². The van der Waals surface area contributed by atoms with Crippen LogP contribution in [0.2, 0.25) is 0 Å². The Balaban J connectivity index is 1.91.